The van der Waals surface area contributed by atoms with Crippen molar-refractivity contribution in [2.45, 2.75) is 33.2 Å². The number of benzene rings is 1. The first kappa shape index (κ1) is 15.9. The summed E-state index contributed by atoms with van der Waals surface area (Å²) in [4.78, 5) is 12.0. The summed E-state index contributed by atoms with van der Waals surface area (Å²) in [7, 11) is 0. The van der Waals surface area contributed by atoms with Crippen molar-refractivity contribution in [3.05, 3.63) is 53.9 Å². The predicted molar refractivity (Wildman–Crippen MR) is 89.0 cm³/mol. The molecule has 0 saturated heterocycles. The largest absolute Gasteiger partial charge is 0.508 e. The van der Waals surface area contributed by atoms with Crippen molar-refractivity contribution in [3.8, 4) is 16.9 Å². The van der Waals surface area contributed by atoms with Crippen molar-refractivity contribution in [1.29, 1.82) is 0 Å². The number of aromatic nitrogens is 1. The highest BCUT2D eigenvalue weighted by molar-refractivity contribution is 6.02. The number of carbonyl (C=O) groups excluding carboxylic acids is 1. The van der Waals surface area contributed by atoms with Crippen LogP contribution in [0.5, 0.6) is 5.75 Å². The summed E-state index contributed by atoms with van der Waals surface area (Å²) in [6.07, 6.45) is 3.58. The van der Waals surface area contributed by atoms with Crippen molar-refractivity contribution in [2.75, 3.05) is 0 Å². The summed E-state index contributed by atoms with van der Waals surface area (Å²) in [6, 6.07) is 6.93. The number of rotatable bonds is 6. The third-order valence-electron chi connectivity index (χ3n) is 3.81. The van der Waals surface area contributed by atoms with Crippen LogP contribution in [-0.2, 0) is 13.0 Å². The van der Waals surface area contributed by atoms with Gasteiger partial charge in [-0.3, -0.25) is 4.79 Å². The number of hydrogen-bond donors (Lipinski definition) is 2. The second kappa shape index (κ2) is 6.52. The molecule has 0 bridgehead atoms. The highest BCUT2D eigenvalue weighted by Crippen LogP contribution is 2.35. The zero-order valence-corrected chi connectivity index (χ0v) is 13.1. The maximum atomic E-state index is 12.0. The molecule has 1 aromatic heterocycles. The molecule has 22 heavy (non-hydrogen) atoms. The second-order valence-corrected chi connectivity index (χ2v) is 5.35. The number of allylic oxidation sites excluding steroid dienone is 1. The summed E-state index contributed by atoms with van der Waals surface area (Å²) >= 11 is 0. The standard InChI is InChI=1S/C18H22N2O2/c1-4-7-15-17(13-8-6-9-14(21)11-13)16(18(19)22)12(3)20(15)10-5-2/h5-6,8-9,11,21H,2,4,7,10H2,1,3H3,(H2,19,22). The van der Waals surface area contributed by atoms with Crippen molar-refractivity contribution in [1.82, 2.24) is 4.57 Å². The fourth-order valence-corrected chi connectivity index (χ4v) is 2.94. The van der Waals surface area contributed by atoms with Gasteiger partial charge >= 0.3 is 0 Å². The van der Waals surface area contributed by atoms with Crippen molar-refractivity contribution in [3.63, 3.8) is 0 Å². The summed E-state index contributed by atoms with van der Waals surface area (Å²) in [5.74, 6) is -0.277. The maximum absolute atomic E-state index is 12.0. The smallest absolute Gasteiger partial charge is 0.251 e. The number of phenols is 1. The first-order valence-electron chi connectivity index (χ1n) is 7.43. The lowest BCUT2D eigenvalue weighted by Crippen LogP contribution is -2.13. The molecular weight excluding hydrogens is 276 g/mol. The van der Waals surface area contributed by atoms with Gasteiger partial charge in [0.25, 0.3) is 5.91 Å². The average molecular weight is 298 g/mol. The number of carbonyl (C=O) groups is 1. The molecule has 0 aliphatic rings. The van der Waals surface area contributed by atoms with Crippen LogP contribution in [0.25, 0.3) is 11.1 Å². The Balaban J connectivity index is 2.81. The van der Waals surface area contributed by atoms with Crippen molar-refractivity contribution >= 4 is 5.91 Å². The summed E-state index contributed by atoms with van der Waals surface area (Å²) in [6.45, 7) is 8.41. The Hall–Kier alpha value is -2.49. The Bertz CT molecular complexity index is 714. The van der Waals surface area contributed by atoms with Gasteiger partial charge in [-0.2, -0.15) is 0 Å². The van der Waals surface area contributed by atoms with E-state index in [4.69, 9.17) is 5.73 Å². The average Bonchev–Trinajstić information content (AvgIpc) is 2.73. The van der Waals surface area contributed by atoms with Gasteiger partial charge in [0, 0.05) is 23.5 Å². The molecule has 2 rings (SSSR count). The number of primary amides is 1. The molecule has 0 aliphatic heterocycles. The lowest BCUT2D eigenvalue weighted by molar-refractivity contribution is 0.1000. The molecule has 4 nitrogen and oxygen atoms in total. The van der Waals surface area contributed by atoms with Gasteiger partial charge in [-0.15, -0.1) is 6.58 Å². The van der Waals surface area contributed by atoms with Crippen LogP contribution in [0.1, 0.15) is 35.1 Å². The Kier molecular flexibility index (Phi) is 4.71. The van der Waals surface area contributed by atoms with Gasteiger partial charge in [0.2, 0.25) is 0 Å². The topological polar surface area (TPSA) is 68.2 Å². The molecule has 116 valence electrons. The van der Waals surface area contributed by atoms with Gasteiger partial charge in [0.05, 0.1) is 5.56 Å². The van der Waals surface area contributed by atoms with E-state index in [1.807, 2.05) is 19.1 Å². The van der Waals surface area contributed by atoms with Gasteiger partial charge in [-0.1, -0.05) is 31.6 Å². The van der Waals surface area contributed by atoms with Crippen LogP contribution in [0.4, 0.5) is 0 Å². The molecule has 0 radical (unpaired) electrons. The lowest BCUT2D eigenvalue weighted by Gasteiger charge is -2.10. The van der Waals surface area contributed by atoms with E-state index in [1.54, 1.807) is 18.2 Å². The first-order valence-corrected chi connectivity index (χ1v) is 7.43. The minimum atomic E-state index is -0.448. The van der Waals surface area contributed by atoms with E-state index in [9.17, 15) is 9.90 Å². The van der Waals surface area contributed by atoms with E-state index in [0.717, 1.165) is 35.4 Å². The fraction of sp³-hybridized carbons (Fsp3) is 0.278. The molecule has 2 aromatic rings. The number of nitrogens with two attached hydrogens (primary N) is 1. The van der Waals surface area contributed by atoms with Crippen LogP contribution in [0.15, 0.2) is 36.9 Å². The minimum absolute atomic E-state index is 0.171. The van der Waals surface area contributed by atoms with Crippen LogP contribution in [-0.4, -0.2) is 15.6 Å². The third kappa shape index (κ3) is 2.77. The van der Waals surface area contributed by atoms with E-state index in [0.29, 0.717) is 12.1 Å². The molecule has 0 fully saturated rings. The lowest BCUT2D eigenvalue weighted by atomic mass is 9.98. The van der Waals surface area contributed by atoms with E-state index in [-0.39, 0.29) is 5.75 Å². The van der Waals surface area contributed by atoms with E-state index in [1.165, 1.54) is 0 Å². The molecule has 1 aromatic carbocycles. The molecule has 0 spiro atoms. The Morgan fingerprint density at radius 1 is 1.45 bits per heavy atom. The molecule has 0 atom stereocenters. The van der Waals surface area contributed by atoms with Gasteiger partial charge in [0.15, 0.2) is 0 Å². The van der Waals surface area contributed by atoms with Gasteiger partial charge in [-0.25, -0.2) is 0 Å². The van der Waals surface area contributed by atoms with E-state index >= 15 is 0 Å². The summed E-state index contributed by atoms with van der Waals surface area (Å²) in [5, 5.41) is 9.76. The number of nitrogens with zero attached hydrogens (tertiary/aromatic N) is 1. The van der Waals surface area contributed by atoms with E-state index < -0.39 is 5.91 Å². The predicted octanol–water partition coefficient (Wildman–Crippen LogP) is 3.41. The van der Waals surface area contributed by atoms with Crippen molar-refractivity contribution in [2.24, 2.45) is 5.73 Å². The second-order valence-electron chi connectivity index (χ2n) is 5.35. The molecule has 0 aliphatic carbocycles. The van der Waals surface area contributed by atoms with E-state index in [2.05, 4.69) is 18.1 Å². The molecule has 0 unspecified atom stereocenters. The number of hydrogen-bond acceptors (Lipinski definition) is 2. The molecule has 1 amide bonds. The van der Waals surface area contributed by atoms with Gasteiger partial charge in [-0.05, 0) is 31.0 Å². The molecular formula is C18H22N2O2. The van der Waals surface area contributed by atoms with Crippen molar-refractivity contribution < 1.29 is 9.90 Å². The number of aromatic hydroxyl groups is 1. The van der Waals surface area contributed by atoms with Gasteiger partial charge < -0.3 is 15.4 Å². The van der Waals surface area contributed by atoms with Gasteiger partial charge in [0.1, 0.15) is 5.75 Å². The molecule has 3 N–H and O–H groups in total. The Labute approximate surface area is 130 Å². The normalized spacial score (nSPS) is 10.6. The Morgan fingerprint density at radius 3 is 2.73 bits per heavy atom. The Morgan fingerprint density at radius 2 is 2.18 bits per heavy atom. The zero-order chi connectivity index (χ0) is 16.3. The number of amides is 1. The minimum Gasteiger partial charge on any atom is -0.508 e. The molecule has 0 saturated carbocycles. The number of phenolic OH excluding ortho intramolecular Hbond substituents is 1. The first-order chi connectivity index (χ1) is 10.5. The quantitative estimate of drug-likeness (QED) is 0.802. The highest BCUT2D eigenvalue weighted by atomic mass is 16.3. The van der Waals surface area contributed by atoms with Crippen LogP contribution >= 0.6 is 0 Å². The third-order valence-corrected chi connectivity index (χ3v) is 3.81. The molecule has 1 heterocycles. The monoisotopic (exact) mass is 298 g/mol. The summed E-state index contributed by atoms with van der Waals surface area (Å²) in [5.41, 5.74) is 9.68. The highest BCUT2D eigenvalue weighted by Gasteiger charge is 2.23. The zero-order valence-electron chi connectivity index (χ0n) is 13.1. The van der Waals surface area contributed by atoms with Crippen LogP contribution in [0, 0.1) is 6.92 Å². The van der Waals surface area contributed by atoms with Crippen LogP contribution < -0.4 is 5.73 Å². The fourth-order valence-electron chi connectivity index (χ4n) is 2.94. The van der Waals surface area contributed by atoms with Crippen LogP contribution in [0.3, 0.4) is 0 Å². The summed E-state index contributed by atoms with van der Waals surface area (Å²) < 4.78 is 2.08. The maximum Gasteiger partial charge on any atom is 0.251 e. The SMILES string of the molecule is C=CCn1c(C)c(C(N)=O)c(-c2cccc(O)c2)c1CCC. The van der Waals surface area contributed by atoms with Crippen LogP contribution in [0.2, 0.25) is 0 Å². The molecule has 4 heteroatoms.